The third-order valence-corrected chi connectivity index (χ3v) is 7.88. The standard InChI is InChI=1S/C29H32ClN5OS/c30-26-21-27(34-14-4-5-15-34)32-29(31-26)37-22-24-10-6-12-25(20-24)28(36)35-18-16-33(17-19-35)13-7-11-23-8-2-1-3-9-23/h1-3,6-12,20-21H,4-5,13-19,22H2. The SMILES string of the molecule is O=C(c1cccc(CSc2nc(Cl)cc(N3CCCC3)n2)c1)N1CCN(CC=Cc2ccccc2)CC1. The minimum Gasteiger partial charge on any atom is -0.356 e. The number of halogens is 1. The molecule has 3 aromatic rings. The van der Waals surface area contributed by atoms with Crippen LogP contribution in [-0.4, -0.2) is 71.5 Å². The molecule has 0 saturated carbocycles. The van der Waals surface area contributed by atoms with Crippen LogP contribution in [0.3, 0.4) is 0 Å². The number of benzene rings is 2. The molecule has 2 aromatic carbocycles. The van der Waals surface area contributed by atoms with Crippen LogP contribution in [0.5, 0.6) is 0 Å². The summed E-state index contributed by atoms with van der Waals surface area (Å²) in [5, 5.41) is 1.14. The van der Waals surface area contributed by atoms with Gasteiger partial charge in [0.05, 0.1) is 0 Å². The lowest BCUT2D eigenvalue weighted by atomic mass is 10.1. The Morgan fingerprint density at radius 3 is 2.49 bits per heavy atom. The molecule has 0 bridgehead atoms. The Kier molecular flexibility index (Phi) is 8.76. The lowest BCUT2D eigenvalue weighted by Gasteiger charge is -2.34. The van der Waals surface area contributed by atoms with Crippen LogP contribution in [-0.2, 0) is 5.75 Å². The first-order valence-electron chi connectivity index (χ1n) is 12.9. The highest BCUT2D eigenvalue weighted by molar-refractivity contribution is 7.98. The van der Waals surface area contributed by atoms with Gasteiger partial charge in [0, 0.05) is 63.2 Å². The number of nitrogens with zero attached hydrogens (tertiary/aromatic N) is 5. The number of carbonyl (C=O) groups excluding carboxylic acids is 1. The Labute approximate surface area is 228 Å². The molecule has 2 aliphatic heterocycles. The minimum atomic E-state index is 0.0988. The largest absolute Gasteiger partial charge is 0.356 e. The fourth-order valence-electron chi connectivity index (χ4n) is 4.72. The van der Waals surface area contributed by atoms with E-state index in [1.807, 2.05) is 53.4 Å². The summed E-state index contributed by atoms with van der Waals surface area (Å²) < 4.78 is 0. The van der Waals surface area contributed by atoms with E-state index in [0.717, 1.165) is 62.8 Å². The molecule has 5 rings (SSSR count). The van der Waals surface area contributed by atoms with Crippen LogP contribution in [0.15, 0.2) is 71.9 Å². The van der Waals surface area contributed by atoms with Crippen molar-refractivity contribution in [3.8, 4) is 0 Å². The Balaban J connectivity index is 1.13. The van der Waals surface area contributed by atoms with Gasteiger partial charge in [0.15, 0.2) is 5.16 Å². The molecule has 0 atom stereocenters. The zero-order valence-corrected chi connectivity index (χ0v) is 22.5. The molecule has 37 heavy (non-hydrogen) atoms. The molecule has 8 heteroatoms. The molecular formula is C29H32ClN5OS. The summed E-state index contributed by atoms with van der Waals surface area (Å²) in [5.74, 6) is 1.68. The summed E-state index contributed by atoms with van der Waals surface area (Å²) >= 11 is 7.83. The molecule has 0 radical (unpaired) electrons. The quantitative estimate of drug-likeness (QED) is 0.217. The highest BCUT2D eigenvalue weighted by Crippen LogP contribution is 2.26. The molecule has 2 aliphatic rings. The van der Waals surface area contributed by atoms with Crippen LogP contribution in [0, 0.1) is 0 Å². The normalized spacial score (nSPS) is 16.6. The molecule has 0 unspecified atom stereocenters. The third-order valence-electron chi connectivity index (χ3n) is 6.77. The molecule has 1 amide bonds. The lowest BCUT2D eigenvalue weighted by molar-refractivity contribution is 0.0650. The van der Waals surface area contributed by atoms with E-state index < -0.39 is 0 Å². The molecule has 2 fully saturated rings. The minimum absolute atomic E-state index is 0.0988. The molecular weight excluding hydrogens is 502 g/mol. The second-order valence-corrected chi connectivity index (χ2v) is 10.8. The highest BCUT2D eigenvalue weighted by Gasteiger charge is 2.22. The van der Waals surface area contributed by atoms with Crippen LogP contribution in [0.25, 0.3) is 6.08 Å². The molecule has 6 nitrogen and oxygen atoms in total. The second-order valence-electron chi connectivity index (χ2n) is 9.42. The van der Waals surface area contributed by atoms with Crippen LogP contribution in [0.4, 0.5) is 5.82 Å². The van der Waals surface area contributed by atoms with E-state index >= 15 is 0 Å². The fourth-order valence-corrected chi connectivity index (χ4v) is 5.74. The number of piperazine rings is 1. The van der Waals surface area contributed by atoms with E-state index in [9.17, 15) is 4.79 Å². The van der Waals surface area contributed by atoms with Gasteiger partial charge in [-0.2, -0.15) is 0 Å². The van der Waals surface area contributed by atoms with Gasteiger partial charge in [0.25, 0.3) is 5.91 Å². The Morgan fingerprint density at radius 2 is 1.70 bits per heavy atom. The molecule has 1 aromatic heterocycles. The van der Waals surface area contributed by atoms with Gasteiger partial charge in [0.2, 0.25) is 0 Å². The first-order chi connectivity index (χ1) is 18.1. The summed E-state index contributed by atoms with van der Waals surface area (Å²) in [5.41, 5.74) is 3.02. The summed E-state index contributed by atoms with van der Waals surface area (Å²) in [6.07, 6.45) is 6.73. The van der Waals surface area contributed by atoms with Crippen molar-refractivity contribution in [2.75, 3.05) is 50.7 Å². The number of rotatable bonds is 8. The predicted octanol–water partition coefficient (Wildman–Crippen LogP) is 5.49. The van der Waals surface area contributed by atoms with Crippen molar-refractivity contribution in [1.82, 2.24) is 19.8 Å². The van der Waals surface area contributed by atoms with Crippen molar-refractivity contribution >= 4 is 41.2 Å². The van der Waals surface area contributed by atoms with Crippen LogP contribution in [0.2, 0.25) is 5.15 Å². The van der Waals surface area contributed by atoms with Crippen molar-refractivity contribution in [2.24, 2.45) is 0 Å². The van der Waals surface area contributed by atoms with Crippen LogP contribution >= 0.6 is 23.4 Å². The smallest absolute Gasteiger partial charge is 0.253 e. The summed E-state index contributed by atoms with van der Waals surface area (Å²) in [6.45, 7) is 6.17. The van der Waals surface area contributed by atoms with Gasteiger partial charge < -0.3 is 9.80 Å². The van der Waals surface area contributed by atoms with Crippen molar-refractivity contribution < 1.29 is 4.79 Å². The average Bonchev–Trinajstić information content (AvgIpc) is 3.48. The zero-order chi connectivity index (χ0) is 25.5. The number of thioether (sulfide) groups is 1. The van der Waals surface area contributed by atoms with Gasteiger partial charge in [-0.05, 0) is 36.1 Å². The van der Waals surface area contributed by atoms with E-state index in [-0.39, 0.29) is 5.91 Å². The molecule has 0 spiro atoms. The van der Waals surface area contributed by atoms with Crippen LogP contribution in [0.1, 0.15) is 34.3 Å². The van der Waals surface area contributed by atoms with E-state index in [0.29, 0.717) is 16.1 Å². The number of carbonyl (C=O) groups is 1. The van der Waals surface area contributed by atoms with Crippen LogP contribution < -0.4 is 4.90 Å². The van der Waals surface area contributed by atoms with Gasteiger partial charge in [-0.3, -0.25) is 9.69 Å². The monoisotopic (exact) mass is 533 g/mol. The maximum atomic E-state index is 13.2. The number of hydrogen-bond donors (Lipinski definition) is 0. The highest BCUT2D eigenvalue weighted by atomic mass is 35.5. The zero-order valence-electron chi connectivity index (χ0n) is 20.9. The Bertz CT molecular complexity index is 1220. The molecule has 0 aliphatic carbocycles. The first kappa shape index (κ1) is 25.8. The van der Waals surface area contributed by atoms with Gasteiger partial charge in [0.1, 0.15) is 11.0 Å². The fraction of sp³-hybridized carbons (Fsp3) is 0.345. The molecule has 0 N–H and O–H groups in total. The van der Waals surface area contributed by atoms with Gasteiger partial charge in [-0.25, -0.2) is 9.97 Å². The summed E-state index contributed by atoms with van der Waals surface area (Å²) in [7, 11) is 0. The lowest BCUT2D eigenvalue weighted by Crippen LogP contribution is -2.48. The molecule has 3 heterocycles. The van der Waals surface area contributed by atoms with E-state index in [2.05, 4.69) is 39.1 Å². The van der Waals surface area contributed by atoms with Gasteiger partial charge >= 0.3 is 0 Å². The van der Waals surface area contributed by atoms with E-state index in [1.54, 1.807) is 11.8 Å². The second kappa shape index (κ2) is 12.6. The van der Waals surface area contributed by atoms with Crippen molar-refractivity contribution in [3.63, 3.8) is 0 Å². The van der Waals surface area contributed by atoms with Crippen molar-refractivity contribution in [3.05, 3.63) is 88.6 Å². The predicted molar refractivity (Wildman–Crippen MR) is 152 cm³/mol. The topological polar surface area (TPSA) is 52.6 Å². The summed E-state index contributed by atoms with van der Waals surface area (Å²) in [6, 6.07) is 20.1. The Morgan fingerprint density at radius 1 is 0.919 bits per heavy atom. The number of amides is 1. The maximum Gasteiger partial charge on any atom is 0.253 e. The number of hydrogen-bond acceptors (Lipinski definition) is 6. The van der Waals surface area contributed by atoms with Crippen molar-refractivity contribution in [1.29, 1.82) is 0 Å². The van der Waals surface area contributed by atoms with E-state index in [1.165, 1.54) is 18.4 Å². The average molecular weight is 534 g/mol. The van der Waals surface area contributed by atoms with E-state index in [4.69, 9.17) is 16.6 Å². The van der Waals surface area contributed by atoms with Gasteiger partial charge in [-0.15, -0.1) is 0 Å². The Hall–Kier alpha value is -2.87. The maximum absolute atomic E-state index is 13.2. The van der Waals surface area contributed by atoms with Gasteiger partial charge in [-0.1, -0.05) is 78.0 Å². The molecule has 2 saturated heterocycles. The summed E-state index contributed by atoms with van der Waals surface area (Å²) in [4.78, 5) is 28.9. The number of aromatic nitrogens is 2. The third kappa shape index (κ3) is 7.12. The molecule has 192 valence electrons. The number of anilines is 1. The first-order valence-corrected chi connectivity index (χ1v) is 14.2. The van der Waals surface area contributed by atoms with Crippen molar-refractivity contribution in [2.45, 2.75) is 23.8 Å².